The first kappa shape index (κ1) is 15.6. The number of nitrogen functional groups attached to an aromatic ring is 1. The fraction of sp³-hybridized carbons (Fsp3) is 0.562. The van der Waals surface area contributed by atoms with E-state index in [1.807, 2.05) is 6.07 Å². The molecule has 1 amide bonds. The summed E-state index contributed by atoms with van der Waals surface area (Å²) >= 11 is 0. The van der Waals surface area contributed by atoms with Crippen molar-refractivity contribution in [1.29, 1.82) is 0 Å². The lowest BCUT2D eigenvalue weighted by Crippen LogP contribution is -2.34. The molecule has 0 bridgehead atoms. The van der Waals surface area contributed by atoms with Gasteiger partial charge < -0.3 is 16.0 Å². The highest BCUT2D eigenvalue weighted by atomic mass is 16.2. The predicted octanol–water partition coefficient (Wildman–Crippen LogP) is 1.87. The van der Waals surface area contributed by atoms with Crippen LogP contribution in [0, 0.1) is 0 Å². The Morgan fingerprint density at radius 3 is 2.90 bits per heavy atom. The Morgan fingerprint density at radius 2 is 2.24 bits per heavy atom. The Kier molecular flexibility index (Phi) is 5.07. The summed E-state index contributed by atoms with van der Waals surface area (Å²) in [5.74, 6) is -0.00546. The third-order valence-corrected chi connectivity index (χ3v) is 4.14. The highest BCUT2D eigenvalue weighted by molar-refractivity contribution is 5.95. The Morgan fingerprint density at radius 1 is 1.48 bits per heavy atom. The molecular formula is C16H26N4O. The average Bonchev–Trinajstić information content (AvgIpc) is 2.93. The zero-order chi connectivity index (χ0) is 15.4. The van der Waals surface area contributed by atoms with Gasteiger partial charge in [-0.2, -0.15) is 0 Å². The second kappa shape index (κ2) is 6.80. The van der Waals surface area contributed by atoms with Crippen molar-refractivity contribution in [3.63, 3.8) is 0 Å². The Hall–Kier alpha value is -1.75. The van der Waals surface area contributed by atoms with Crippen molar-refractivity contribution in [2.75, 3.05) is 44.8 Å². The van der Waals surface area contributed by atoms with Crippen molar-refractivity contribution in [2.45, 2.75) is 25.8 Å². The average molecular weight is 290 g/mol. The molecule has 1 unspecified atom stereocenters. The third kappa shape index (κ3) is 3.67. The summed E-state index contributed by atoms with van der Waals surface area (Å²) in [7, 11) is 3.51. The topological polar surface area (TPSA) is 61.6 Å². The standard InChI is InChI=1S/C16H26N4O/c1-4-20-9-5-6-13(20)11-18-15-10-12(7-8-14(15)17)16(21)19(2)3/h7-8,10,13,18H,4-6,9,11,17H2,1-3H3. The number of amides is 1. The van der Waals surface area contributed by atoms with Crippen LogP contribution >= 0.6 is 0 Å². The SMILES string of the molecule is CCN1CCCC1CNc1cc(C(=O)N(C)C)ccc1N. The summed E-state index contributed by atoms with van der Waals surface area (Å²) in [6.45, 7) is 5.33. The molecule has 0 radical (unpaired) electrons. The minimum atomic E-state index is -0.00546. The normalized spacial score (nSPS) is 18.7. The molecule has 1 heterocycles. The maximum Gasteiger partial charge on any atom is 0.253 e. The molecule has 1 aliphatic heterocycles. The molecule has 0 saturated carbocycles. The third-order valence-electron chi connectivity index (χ3n) is 4.14. The predicted molar refractivity (Wildman–Crippen MR) is 87.6 cm³/mol. The Bertz CT molecular complexity index is 501. The molecule has 0 aromatic heterocycles. The highest BCUT2D eigenvalue weighted by Gasteiger charge is 2.22. The number of hydrogen-bond donors (Lipinski definition) is 2. The van der Waals surface area contributed by atoms with E-state index in [1.165, 1.54) is 19.4 Å². The fourth-order valence-electron chi connectivity index (χ4n) is 2.87. The number of nitrogens with one attached hydrogen (secondary N) is 1. The maximum atomic E-state index is 12.0. The number of nitrogens with two attached hydrogens (primary N) is 1. The first-order valence-electron chi connectivity index (χ1n) is 7.62. The second-order valence-corrected chi connectivity index (χ2v) is 5.81. The van der Waals surface area contributed by atoms with Gasteiger partial charge in [0.1, 0.15) is 0 Å². The molecule has 0 spiro atoms. The molecule has 3 N–H and O–H groups in total. The number of rotatable bonds is 5. The van der Waals surface area contributed by atoms with Gasteiger partial charge in [0.25, 0.3) is 5.91 Å². The van der Waals surface area contributed by atoms with E-state index in [-0.39, 0.29) is 5.91 Å². The van der Waals surface area contributed by atoms with Crippen LogP contribution in [0.4, 0.5) is 11.4 Å². The molecule has 5 heteroatoms. The van der Waals surface area contributed by atoms with Gasteiger partial charge in [0.05, 0.1) is 11.4 Å². The molecule has 1 aromatic rings. The van der Waals surface area contributed by atoms with Crippen molar-refractivity contribution in [3.8, 4) is 0 Å². The van der Waals surface area contributed by atoms with Crippen LogP contribution in [0.25, 0.3) is 0 Å². The van der Waals surface area contributed by atoms with Crippen molar-refractivity contribution in [2.24, 2.45) is 0 Å². The lowest BCUT2D eigenvalue weighted by molar-refractivity contribution is 0.0827. The number of carbonyl (C=O) groups is 1. The minimum absolute atomic E-state index is 0.00546. The molecular weight excluding hydrogens is 264 g/mol. The molecule has 1 aliphatic rings. The Labute approximate surface area is 127 Å². The lowest BCUT2D eigenvalue weighted by atomic mass is 10.1. The fourth-order valence-corrected chi connectivity index (χ4v) is 2.87. The number of likely N-dealkylation sites (N-methyl/N-ethyl adjacent to an activating group) is 1. The van der Waals surface area contributed by atoms with E-state index < -0.39 is 0 Å². The second-order valence-electron chi connectivity index (χ2n) is 5.81. The van der Waals surface area contributed by atoms with Gasteiger partial charge >= 0.3 is 0 Å². The summed E-state index contributed by atoms with van der Waals surface area (Å²) < 4.78 is 0. The van der Waals surface area contributed by atoms with E-state index in [4.69, 9.17) is 5.73 Å². The van der Waals surface area contributed by atoms with E-state index in [2.05, 4.69) is 17.1 Å². The van der Waals surface area contributed by atoms with Crippen LogP contribution in [0.15, 0.2) is 18.2 Å². The Balaban J connectivity index is 2.05. The number of nitrogens with zero attached hydrogens (tertiary/aromatic N) is 2. The molecule has 1 saturated heterocycles. The van der Waals surface area contributed by atoms with E-state index in [0.29, 0.717) is 17.3 Å². The summed E-state index contributed by atoms with van der Waals surface area (Å²) in [5.41, 5.74) is 8.22. The van der Waals surface area contributed by atoms with Crippen LogP contribution in [0.3, 0.4) is 0 Å². The molecule has 5 nitrogen and oxygen atoms in total. The quantitative estimate of drug-likeness (QED) is 0.813. The van der Waals surface area contributed by atoms with Gasteiger partial charge in [-0.1, -0.05) is 6.92 Å². The van der Waals surface area contributed by atoms with E-state index in [9.17, 15) is 4.79 Å². The summed E-state index contributed by atoms with van der Waals surface area (Å²) in [6, 6.07) is 5.98. The molecule has 1 aromatic carbocycles. The van der Waals surface area contributed by atoms with Gasteiger partial charge in [0, 0.05) is 32.2 Å². The van der Waals surface area contributed by atoms with Gasteiger partial charge in [-0.3, -0.25) is 9.69 Å². The molecule has 21 heavy (non-hydrogen) atoms. The zero-order valence-corrected chi connectivity index (χ0v) is 13.2. The van der Waals surface area contributed by atoms with Crippen LogP contribution < -0.4 is 11.1 Å². The van der Waals surface area contributed by atoms with Crippen LogP contribution in [-0.2, 0) is 0 Å². The smallest absolute Gasteiger partial charge is 0.253 e. The lowest BCUT2D eigenvalue weighted by Gasteiger charge is -2.24. The number of hydrogen-bond acceptors (Lipinski definition) is 4. The van der Waals surface area contributed by atoms with Crippen LogP contribution in [0.2, 0.25) is 0 Å². The first-order chi connectivity index (χ1) is 10.0. The molecule has 1 fully saturated rings. The summed E-state index contributed by atoms with van der Waals surface area (Å²) in [6.07, 6.45) is 2.48. The van der Waals surface area contributed by atoms with Crippen molar-refractivity contribution >= 4 is 17.3 Å². The van der Waals surface area contributed by atoms with Gasteiger partial charge in [0.2, 0.25) is 0 Å². The number of carbonyl (C=O) groups excluding carboxylic acids is 1. The van der Waals surface area contributed by atoms with Crippen molar-refractivity contribution in [1.82, 2.24) is 9.80 Å². The van der Waals surface area contributed by atoms with Crippen LogP contribution in [-0.4, -0.2) is 55.5 Å². The van der Waals surface area contributed by atoms with E-state index >= 15 is 0 Å². The molecule has 2 rings (SSSR count). The molecule has 0 aliphatic carbocycles. The van der Waals surface area contributed by atoms with Crippen LogP contribution in [0.1, 0.15) is 30.1 Å². The van der Waals surface area contributed by atoms with Gasteiger partial charge in [-0.05, 0) is 44.1 Å². The molecule has 1 atom stereocenters. The largest absolute Gasteiger partial charge is 0.397 e. The maximum absolute atomic E-state index is 12.0. The monoisotopic (exact) mass is 290 g/mol. The van der Waals surface area contributed by atoms with Gasteiger partial charge in [-0.15, -0.1) is 0 Å². The van der Waals surface area contributed by atoms with Gasteiger partial charge in [0.15, 0.2) is 0 Å². The minimum Gasteiger partial charge on any atom is -0.397 e. The highest BCUT2D eigenvalue weighted by Crippen LogP contribution is 2.23. The van der Waals surface area contributed by atoms with E-state index in [1.54, 1.807) is 31.1 Å². The zero-order valence-electron chi connectivity index (χ0n) is 13.2. The number of benzene rings is 1. The van der Waals surface area contributed by atoms with E-state index in [0.717, 1.165) is 18.8 Å². The van der Waals surface area contributed by atoms with Gasteiger partial charge in [-0.25, -0.2) is 0 Å². The van der Waals surface area contributed by atoms with Crippen molar-refractivity contribution in [3.05, 3.63) is 23.8 Å². The first-order valence-corrected chi connectivity index (χ1v) is 7.62. The number of anilines is 2. The van der Waals surface area contributed by atoms with Crippen molar-refractivity contribution < 1.29 is 4.79 Å². The number of likely N-dealkylation sites (tertiary alicyclic amines) is 1. The van der Waals surface area contributed by atoms with Crippen LogP contribution in [0.5, 0.6) is 0 Å². The summed E-state index contributed by atoms with van der Waals surface area (Å²) in [4.78, 5) is 16.1. The summed E-state index contributed by atoms with van der Waals surface area (Å²) in [5, 5.41) is 3.42. The molecule has 116 valence electrons.